The average molecular weight is 163 g/mol. The zero-order valence-electron chi connectivity index (χ0n) is 8.06. The molecule has 0 saturated carbocycles. The summed E-state index contributed by atoms with van der Waals surface area (Å²) >= 11 is 0. The maximum absolute atomic E-state index is 5.02. The Morgan fingerprint density at radius 1 is 1.17 bits per heavy atom. The van der Waals surface area contributed by atoms with E-state index in [0.717, 1.165) is 19.6 Å². The second-order valence-corrected chi connectivity index (χ2v) is 2.72. The molecule has 0 aliphatic carbocycles. The van der Waals surface area contributed by atoms with Gasteiger partial charge in [-0.15, -0.1) is 6.42 Å². The van der Waals surface area contributed by atoms with Crippen LogP contribution < -0.4 is 0 Å². The fraction of sp³-hybridized carbons (Fsp3) is 0.636. The summed E-state index contributed by atoms with van der Waals surface area (Å²) in [5.41, 5.74) is 0. The van der Waals surface area contributed by atoms with E-state index < -0.39 is 0 Å². The van der Waals surface area contributed by atoms with Crippen LogP contribution in [0.25, 0.3) is 0 Å². The van der Waals surface area contributed by atoms with Gasteiger partial charge >= 0.3 is 0 Å². The van der Waals surface area contributed by atoms with Gasteiger partial charge in [0.2, 0.25) is 0 Å². The van der Waals surface area contributed by atoms with Crippen LogP contribution in [0.15, 0.2) is 0 Å². The zero-order valence-corrected chi connectivity index (χ0v) is 8.06. The number of nitrogens with zero attached hydrogens (tertiary/aromatic N) is 1. The highest BCUT2D eigenvalue weighted by atomic mass is 15.1. The van der Waals surface area contributed by atoms with Crippen LogP contribution in [0.3, 0.4) is 0 Å². The Morgan fingerprint density at radius 2 is 1.75 bits per heavy atom. The average Bonchev–Trinajstić information content (AvgIpc) is 2.06. The van der Waals surface area contributed by atoms with Gasteiger partial charge in [0.1, 0.15) is 0 Å². The highest BCUT2D eigenvalue weighted by molar-refractivity contribution is 5.22. The van der Waals surface area contributed by atoms with Crippen molar-refractivity contribution < 1.29 is 0 Å². The van der Waals surface area contributed by atoms with Crippen LogP contribution in [-0.2, 0) is 0 Å². The van der Waals surface area contributed by atoms with Crippen molar-refractivity contribution in [2.24, 2.45) is 0 Å². The topological polar surface area (TPSA) is 3.24 Å². The minimum atomic E-state index is 0.811. The molecule has 1 heteroatoms. The van der Waals surface area contributed by atoms with Gasteiger partial charge in [-0.05, 0) is 37.8 Å². The molecule has 66 valence electrons. The summed E-state index contributed by atoms with van der Waals surface area (Å²) in [5.74, 6) is 7.90. The van der Waals surface area contributed by atoms with Crippen molar-refractivity contribution in [2.75, 3.05) is 19.6 Å². The first-order chi connectivity index (χ1) is 5.85. The first-order valence-electron chi connectivity index (χ1n) is 4.51. The number of hydrogen-bond acceptors (Lipinski definition) is 1. The summed E-state index contributed by atoms with van der Waals surface area (Å²) in [4.78, 5) is 2.32. The fourth-order valence-electron chi connectivity index (χ4n) is 1.10. The molecule has 0 bridgehead atoms. The van der Waals surface area contributed by atoms with E-state index >= 15 is 0 Å². The smallest absolute Gasteiger partial charge is 0.0611 e. The monoisotopic (exact) mass is 163 g/mol. The molecule has 0 aromatic heterocycles. The van der Waals surface area contributed by atoms with Gasteiger partial charge in [-0.3, -0.25) is 4.90 Å². The van der Waals surface area contributed by atoms with Crippen molar-refractivity contribution >= 4 is 0 Å². The van der Waals surface area contributed by atoms with Gasteiger partial charge in [0, 0.05) is 0 Å². The van der Waals surface area contributed by atoms with Gasteiger partial charge in [0.05, 0.1) is 6.54 Å². The third kappa shape index (κ3) is 5.83. The second kappa shape index (κ2) is 8.18. The van der Waals surface area contributed by atoms with Crippen molar-refractivity contribution in [1.29, 1.82) is 0 Å². The van der Waals surface area contributed by atoms with Crippen molar-refractivity contribution in [2.45, 2.75) is 26.7 Å². The maximum atomic E-state index is 5.02. The molecule has 0 heterocycles. The van der Waals surface area contributed by atoms with E-state index in [-0.39, 0.29) is 0 Å². The molecule has 0 unspecified atom stereocenters. The van der Waals surface area contributed by atoms with Crippen LogP contribution in [0, 0.1) is 24.2 Å². The predicted molar refractivity (Wildman–Crippen MR) is 53.6 cm³/mol. The summed E-state index contributed by atoms with van der Waals surface area (Å²) in [6.07, 6.45) is 7.38. The molecule has 0 aliphatic heterocycles. The van der Waals surface area contributed by atoms with Crippen molar-refractivity contribution in [1.82, 2.24) is 4.90 Å². The molecule has 0 aromatic carbocycles. The summed E-state index contributed by atoms with van der Waals surface area (Å²) in [6, 6.07) is 0. The number of terminal acetylenes is 1. The molecule has 0 rings (SSSR count). The molecule has 12 heavy (non-hydrogen) atoms. The molecule has 0 spiro atoms. The quantitative estimate of drug-likeness (QED) is 0.558. The summed E-state index contributed by atoms with van der Waals surface area (Å²) in [5, 5.41) is 0. The number of rotatable bonds is 5. The Bertz CT molecular complexity index is 183. The van der Waals surface area contributed by atoms with Crippen LogP contribution >= 0.6 is 0 Å². The lowest BCUT2D eigenvalue weighted by Crippen LogP contribution is -2.25. The molecular weight excluding hydrogens is 146 g/mol. The summed E-state index contributed by atoms with van der Waals surface area (Å²) < 4.78 is 0. The first-order valence-corrected chi connectivity index (χ1v) is 4.51. The van der Waals surface area contributed by atoms with Crippen LogP contribution in [-0.4, -0.2) is 24.5 Å². The van der Waals surface area contributed by atoms with E-state index in [2.05, 4.69) is 36.5 Å². The molecule has 0 fully saturated rings. The fourth-order valence-corrected chi connectivity index (χ4v) is 1.10. The first kappa shape index (κ1) is 11.1. The minimum Gasteiger partial charge on any atom is -0.292 e. The SMILES string of the molecule is C#CC#CCN(CCC)CCC. The van der Waals surface area contributed by atoms with Gasteiger partial charge in [0.25, 0.3) is 0 Å². The van der Waals surface area contributed by atoms with Crippen molar-refractivity contribution in [3.8, 4) is 24.2 Å². The highest BCUT2D eigenvalue weighted by Crippen LogP contribution is 1.91. The minimum absolute atomic E-state index is 0.811. The third-order valence-corrected chi connectivity index (χ3v) is 1.54. The van der Waals surface area contributed by atoms with E-state index in [9.17, 15) is 0 Å². The van der Waals surface area contributed by atoms with E-state index in [1.165, 1.54) is 12.8 Å². The number of hydrogen-bond donors (Lipinski definition) is 0. The maximum Gasteiger partial charge on any atom is 0.0611 e. The lowest BCUT2D eigenvalue weighted by molar-refractivity contribution is 0.308. The van der Waals surface area contributed by atoms with E-state index in [4.69, 9.17) is 6.42 Å². The van der Waals surface area contributed by atoms with Gasteiger partial charge in [-0.2, -0.15) is 0 Å². The van der Waals surface area contributed by atoms with Crippen LogP contribution in [0.4, 0.5) is 0 Å². The summed E-state index contributed by atoms with van der Waals surface area (Å²) in [7, 11) is 0. The van der Waals surface area contributed by atoms with Gasteiger partial charge in [0.15, 0.2) is 0 Å². The Labute approximate surface area is 76.1 Å². The second-order valence-electron chi connectivity index (χ2n) is 2.72. The molecule has 0 N–H and O–H groups in total. The van der Waals surface area contributed by atoms with Crippen molar-refractivity contribution in [3.05, 3.63) is 0 Å². The molecule has 0 amide bonds. The lowest BCUT2D eigenvalue weighted by Gasteiger charge is -2.16. The van der Waals surface area contributed by atoms with E-state index in [0.29, 0.717) is 0 Å². The molecular formula is C11H17N. The molecule has 0 aromatic rings. The Balaban J connectivity index is 3.71. The zero-order chi connectivity index (χ0) is 9.23. The normalized spacial score (nSPS) is 8.83. The van der Waals surface area contributed by atoms with Crippen LogP contribution in [0.2, 0.25) is 0 Å². The van der Waals surface area contributed by atoms with Crippen molar-refractivity contribution in [3.63, 3.8) is 0 Å². The predicted octanol–water partition coefficient (Wildman–Crippen LogP) is 1.75. The molecule has 0 aliphatic rings. The third-order valence-electron chi connectivity index (χ3n) is 1.54. The van der Waals surface area contributed by atoms with Crippen LogP contribution in [0.5, 0.6) is 0 Å². The Hall–Kier alpha value is -0.920. The summed E-state index contributed by atoms with van der Waals surface area (Å²) in [6.45, 7) is 7.40. The molecule has 1 nitrogen and oxygen atoms in total. The van der Waals surface area contributed by atoms with E-state index in [1.807, 2.05) is 0 Å². The molecule has 0 saturated heterocycles. The van der Waals surface area contributed by atoms with E-state index in [1.54, 1.807) is 0 Å². The van der Waals surface area contributed by atoms with Gasteiger partial charge in [-0.1, -0.05) is 19.8 Å². The van der Waals surface area contributed by atoms with Gasteiger partial charge < -0.3 is 0 Å². The largest absolute Gasteiger partial charge is 0.292 e. The molecule has 0 radical (unpaired) electrons. The highest BCUT2D eigenvalue weighted by Gasteiger charge is 1.97. The molecule has 0 atom stereocenters. The standard InChI is InChI=1S/C11H17N/c1-4-7-8-11-12(9-5-2)10-6-3/h1H,5-6,9-11H2,2-3H3. The lowest BCUT2D eigenvalue weighted by atomic mass is 10.3. The Morgan fingerprint density at radius 3 is 2.17 bits per heavy atom. The Kier molecular flexibility index (Phi) is 7.55. The van der Waals surface area contributed by atoms with Gasteiger partial charge in [-0.25, -0.2) is 0 Å². The van der Waals surface area contributed by atoms with Crippen LogP contribution in [0.1, 0.15) is 26.7 Å².